The van der Waals surface area contributed by atoms with Crippen LogP contribution in [-0.2, 0) is 0 Å². The minimum absolute atomic E-state index is 0.0360. The van der Waals surface area contributed by atoms with Gasteiger partial charge in [0.1, 0.15) is 0 Å². The summed E-state index contributed by atoms with van der Waals surface area (Å²) in [7, 11) is 6.48. The maximum Gasteiger partial charge on any atom is 0.254 e. The van der Waals surface area contributed by atoms with Crippen LogP contribution in [-0.4, -0.2) is 58.3 Å². The molecule has 0 atom stereocenters. The zero-order valence-corrected chi connectivity index (χ0v) is 13.6. The molecule has 6 heteroatoms. The van der Waals surface area contributed by atoms with E-state index in [-0.39, 0.29) is 11.9 Å². The fourth-order valence-corrected chi connectivity index (χ4v) is 2.77. The molecule has 1 aromatic carbocycles. The summed E-state index contributed by atoms with van der Waals surface area (Å²) in [5.41, 5.74) is 0.538. The number of carbonyl (C=O) groups excluding carboxylic acids is 1. The molecule has 122 valence electrons. The van der Waals surface area contributed by atoms with E-state index in [1.54, 1.807) is 33.5 Å². The van der Waals surface area contributed by atoms with Crippen molar-refractivity contribution in [3.63, 3.8) is 0 Å². The molecule has 0 saturated carbocycles. The summed E-state index contributed by atoms with van der Waals surface area (Å²) in [4.78, 5) is 14.5. The lowest BCUT2D eigenvalue weighted by Crippen LogP contribution is -2.43. The van der Waals surface area contributed by atoms with Crippen molar-refractivity contribution < 1.29 is 19.0 Å². The van der Waals surface area contributed by atoms with Crippen LogP contribution in [0.2, 0.25) is 0 Å². The van der Waals surface area contributed by atoms with Crippen molar-refractivity contribution in [2.75, 3.05) is 41.5 Å². The molecule has 22 heavy (non-hydrogen) atoms. The Labute approximate surface area is 131 Å². The van der Waals surface area contributed by atoms with Gasteiger partial charge in [0.15, 0.2) is 11.5 Å². The van der Waals surface area contributed by atoms with Crippen LogP contribution in [0.1, 0.15) is 23.2 Å². The zero-order valence-electron chi connectivity index (χ0n) is 13.6. The molecular formula is C16H24N2O4. The Morgan fingerprint density at radius 3 is 2.09 bits per heavy atom. The molecular weight excluding hydrogens is 284 g/mol. The summed E-state index contributed by atoms with van der Waals surface area (Å²) in [5, 5.41) is 3.31. The van der Waals surface area contributed by atoms with Crippen LogP contribution in [0.5, 0.6) is 17.2 Å². The van der Waals surface area contributed by atoms with Gasteiger partial charge in [-0.25, -0.2) is 0 Å². The van der Waals surface area contributed by atoms with Crippen LogP contribution in [0.3, 0.4) is 0 Å². The van der Waals surface area contributed by atoms with E-state index < -0.39 is 0 Å². The van der Waals surface area contributed by atoms with E-state index in [1.165, 1.54) is 0 Å². The van der Waals surface area contributed by atoms with E-state index in [0.29, 0.717) is 22.8 Å². The van der Waals surface area contributed by atoms with E-state index >= 15 is 0 Å². The second-order valence-corrected chi connectivity index (χ2v) is 5.31. The zero-order chi connectivity index (χ0) is 16.1. The third-order valence-electron chi connectivity index (χ3n) is 4.09. The number of hydrogen-bond donors (Lipinski definition) is 1. The van der Waals surface area contributed by atoms with Crippen LogP contribution in [0.25, 0.3) is 0 Å². The topological polar surface area (TPSA) is 60.0 Å². The van der Waals surface area contributed by atoms with Crippen molar-refractivity contribution in [3.8, 4) is 17.2 Å². The monoisotopic (exact) mass is 308 g/mol. The Morgan fingerprint density at radius 1 is 1.09 bits per heavy atom. The molecule has 1 saturated heterocycles. The summed E-state index contributed by atoms with van der Waals surface area (Å²) in [5.74, 6) is 1.44. The van der Waals surface area contributed by atoms with Gasteiger partial charge in [0.05, 0.1) is 21.3 Å². The van der Waals surface area contributed by atoms with Gasteiger partial charge in [0.2, 0.25) is 5.75 Å². The third kappa shape index (κ3) is 3.27. The van der Waals surface area contributed by atoms with Crippen molar-refractivity contribution in [3.05, 3.63) is 17.7 Å². The smallest absolute Gasteiger partial charge is 0.254 e. The molecule has 0 unspecified atom stereocenters. The van der Waals surface area contributed by atoms with Crippen LogP contribution in [0, 0.1) is 0 Å². The van der Waals surface area contributed by atoms with E-state index in [9.17, 15) is 4.79 Å². The number of benzene rings is 1. The fraction of sp³-hybridized carbons (Fsp3) is 0.562. The number of hydrogen-bond acceptors (Lipinski definition) is 5. The lowest BCUT2D eigenvalue weighted by molar-refractivity contribution is 0.0702. The standard InChI is InChI=1S/C16H24N2O4/c1-18(12-5-7-17-8-6-12)16(19)11-9-13(20-2)15(22-4)14(10-11)21-3/h9-10,12,17H,5-8H2,1-4H3. The Bertz CT molecular complexity index is 502. The van der Waals surface area contributed by atoms with Crippen molar-refractivity contribution in [2.45, 2.75) is 18.9 Å². The van der Waals surface area contributed by atoms with E-state index in [1.807, 2.05) is 11.9 Å². The van der Waals surface area contributed by atoms with Crippen molar-refractivity contribution in [2.24, 2.45) is 0 Å². The lowest BCUT2D eigenvalue weighted by atomic mass is 10.0. The first-order valence-corrected chi connectivity index (χ1v) is 7.40. The maximum absolute atomic E-state index is 12.7. The Kier molecular flexibility index (Phi) is 5.49. The molecule has 6 nitrogen and oxygen atoms in total. The molecule has 2 rings (SSSR count). The van der Waals surface area contributed by atoms with Crippen LogP contribution in [0.15, 0.2) is 12.1 Å². The van der Waals surface area contributed by atoms with Crippen LogP contribution < -0.4 is 19.5 Å². The lowest BCUT2D eigenvalue weighted by Gasteiger charge is -2.32. The molecule has 0 radical (unpaired) electrons. The van der Waals surface area contributed by atoms with Gasteiger partial charge in [-0.2, -0.15) is 0 Å². The minimum Gasteiger partial charge on any atom is -0.493 e. The van der Waals surface area contributed by atoms with Crippen LogP contribution >= 0.6 is 0 Å². The normalized spacial score (nSPS) is 15.3. The number of methoxy groups -OCH3 is 3. The Hall–Kier alpha value is -1.95. The van der Waals surface area contributed by atoms with Gasteiger partial charge >= 0.3 is 0 Å². The average molecular weight is 308 g/mol. The van der Waals surface area contributed by atoms with E-state index in [0.717, 1.165) is 25.9 Å². The molecule has 1 N–H and O–H groups in total. The fourth-order valence-electron chi connectivity index (χ4n) is 2.77. The largest absolute Gasteiger partial charge is 0.493 e. The number of piperidine rings is 1. The van der Waals surface area contributed by atoms with Gasteiger partial charge in [0, 0.05) is 18.7 Å². The highest BCUT2D eigenvalue weighted by Crippen LogP contribution is 2.38. The highest BCUT2D eigenvalue weighted by atomic mass is 16.5. The van der Waals surface area contributed by atoms with E-state index in [2.05, 4.69) is 5.32 Å². The molecule has 0 aromatic heterocycles. The number of nitrogens with one attached hydrogen (secondary N) is 1. The molecule has 0 aliphatic carbocycles. The van der Waals surface area contributed by atoms with Crippen molar-refractivity contribution in [1.29, 1.82) is 0 Å². The Balaban J connectivity index is 2.28. The first-order chi connectivity index (χ1) is 10.6. The summed E-state index contributed by atoms with van der Waals surface area (Å²) in [6.45, 7) is 1.88. The summed E-state index contributed by atoms with van der Waals surface area (Å²) < 4.78 is 15.9. The van der Waals surface area contributed by atoms with Crippen molar-refractivity contribution in [1.82, 2.24) is 10.2 Å². The predicted molar refractivity (Wildman–Crippen MR) is 84.1 cm³/mol. The first kappa shape index (κ1) is 16.4. The molecule has 1 aliphatic heterocycles. The second-order valence-electron chi connectivity index (χ2n) is 5.31. The average Bonchev–Trinajstić information content (AvgIpc) is 2.59. The van der Waals surface area contributed by atoms with Gasteiger partial charge in [0.25, 0.3) is 5.91 Å². The SMILES string of the molecule is COc1cc(C(=O)N(C)C2CCNCC2)cc(OC)c1OC. The van der Waals surface area contributed by atoms with Gasteiger partial charge in [-0.15, -0.1) is 0 Å². The first-order valence-electron chi connectivity index (χ1n) is 7.40. The molecule has 1 heterocycles. The van der Waals surface area contributed by atoms with Gasteiger partial charge in [-0.05, 0) is 38.1 Å². The molecule has 0 spiro atoms. The molecule has 1 aliphatic rings. The van der Waals surface area contributed by atoms with Gasteiger partial charge < -0.3 is 24.4 Å². The number of nitrogens with zero attached hydrogens (tertiary/aromatic N) is 1. The summed E-state index contributed by atoms with van der Waals surface area (Å²) >= 11 is 0. The highest BCUT2D eigenvalue weighted by molar-refractivity contribution is 5.95. The second kappa shape index (κ2) is 7.35. The number of rotatable bonds is 5. The molecule has 0 bridgehead atoms. The van der Waals surface area contributed by atoms with E-state index in [4.69, 9.17) is 14.2 Å². The molecule has 1 aromatic rings. The predicted octanol–water partition coefficient (Wildman–Crippen LogP) is 1.54. The van der Waals surface area contributed by atoms with Crippen LogP contribution in [0.4, 0.5) is 0 Å². The minimum atomic E-state index is -0.0360. The molecule has 1 fully saturated rings. The number of ether oxygens (including phenoxy) is 3. The molecule has 1 amide bonds. The van der Waals surface area contributed by atoms with Gasteiger partial charge in [-0.3, -0.25) is 4.79 Å². The number of amides is 1. The van der Waals surface area contributed by atoms with Gasteiger partial charge in [-0.1, -0.05) is 0 Å². The summed E-state index contributed by atoms with van der Waals surface area (Å²) in [6, 6.07) is 3.65. The highest BCUT2D eigenvalue weighted by Gasteiger charge is 2.25. The third-order valence-corrected chi connectivity index (χ3v) is 4.09. The summed E-state index contributed by atoms with van der Waals surface area (Å²) in [6.07, 6.45) is 1.93. The van der Waals surface area contributed by atoms with Crippen molar-refractivity contribution >= 4 is 5.91 Å². The Morgan fingerprint density at radius 2 is 1.64 bits per heavy atom. The maximum atomic E-state index is 12.7. The number of carbonyl (C=O) groups is 1. The quantitative estimate of drug-likeness (QED) is 0.894.